The van der Waals surface area contributed by atoms with Crippen LogP contribution in [-0.2, 0) is 0 Å². The summed E-state index contributed by atoms with van der Waals surface area (Å²) in [6.45, 7) is 7.36. The van der Waals surface area contributed by atoms with Gasteiger partial charge in [0, 0.05) is 0 Å². The van der Waals surface area contributed by atoms with Gasteiger partial charge >= 0.3 is 0 Å². The van der Waals surface area contributed by atoms with Gasteiger partial charge in [-0.05, 0) is 42.4 Å². The van der Waals surface area contributed by atoms with Crippen molar-refractivity contribution in [3.8, 4) is 0 Å². The molecular weight excluding hydrogens is 214 g/mol. The van der Waals surface area contributed by atoms with Gasteiger partial charge in [-0.15, -0.1) is 0 Å². The molecule has 3 unspecified atom stereocenters. The monoisotopic (exact) mass is 246 g/mol. The first-order valence-electron chi connectivity index (χ1n) is 8.38. The van der Waals surface area contributed by atoms with Gasteiger partial charge in [-0.2, -0.15) is 0 Å². The predicted octanol–water partition coefficient (Wildman–Crippen LogP) is 3.41. The average Bonchev–Trinajstić information content (AvgIpc) is 2.75. The molecule has 0 aromatic heterocycles. The quantitative estimate of drug-likeness (QED) is 0.667. The molecule has 2 aliphatic carbocycles. The molecule has 0 aromatic carbocycles. The molecule has 2 saturated carbocycles. The van der Waals surface area contributed by atoms with Crippen LogP contribution in [0, 0.1) is 23.2 Å². The first-order valence-corrected chi connectivity index (χ1v) is 8.38. The van der Waals surface area contributed by atoms with E-state index in [2.05, 4.69) is 36.5 Å². The Balaban J connectivity index is 2.05. The molecule has 0 radical (unpaired) electrons. The summed E-state index contributed by atoms with van der Waals surface area (Å²) in [4.78, 5) is 0. The fourth-order valence-electron chi connectivity index (χ4n) is 4.86. The van der Waals surface area contributed by atoms with Gasteiger partial charge in [0.15, 0.2) is 0 Å². The average molecular weight is 246 g/mol. The molecule has 0 N–H and O–H groups in total. The molecule has 102 valence electrons. The van der Waals surface area contributed by atoms with E-state index >= 15 is 0 Å². The Kier molecular flexibility index (Phi) is 4.24. The van der Waals surface area contributed by atoms with E-state index in [4.69, 9.17) is 0 Å². The Morgan fingerprint density at radius 2 is 1.67 bits per heavy atom. The Hall–Kier alpha value is 0.130. The Morgan fingerprint density at radius 1 is 1.00 bits per heavy atom. The SMILES string of the molecule is BC(B)(C1CCC2CCCC2C1)C(C)(C)CCC. The summed E-state index contributed by atoms with van der Waals surface area (Å²) in [7, 11) is 5.12. The van der Waals surface area contributed by atoms with Gasteiger partial charge in [-0.3, -0.25) is 0 Å². The smallest absolute Gasteiger partial charge is 0.0769 e. The van der Waals surface area contributed by atoms with Gasteiger partial charge < -0.3 is 0 Å². The molecule has 0 aromatic rings. The zero-order valence-electron chi connectivity index (χ0n) is 13.4. The van der Waals surface area contributed by atoms with Crippen molar-refractivity contribution in [3.05, 3.63) is 0 Å². The normalized spacial score (nSPS) is 33.4. The minimum atomic E-state index is 0.498. The van der Waals surface area contributed by atoms with Crippen molar-refractivity contribution in [1.29, 1.82) is 0 Å². The van der Waals surface area contributed by atoms with E-state index < -0.39 is 0 Å². The van der Waals surface area contributed by atoms with Gasteiger partial charge in [0.25, 0.3) is 0 Å². The molecule has 3 atom stereocenters. The number of hydrogen-bond acceptors (Lipinski definition) is 0. The van der Waals surface area contributed by atoms with Crippen molar-refractivity contribution in [3.63, 3.8) is 0 Å². The standard InChI is InChI=1S/C16H32B2/c1-4-10-15(2,3)16(17,18)14-9-8-12-6-5-7-13(12)11-14/h12-14H,4-11,17-18H2,1-3H3. The van der Waals surface area contributed by atoms with E-state index in [0.717, 1.165) is 17.8 Å². The highest BCUT2D eigenvalue weighted by molar-refractivity contribution is 6.40. The maximum absolute atomic E-state index is 2.56. The fourth-order valence-corrected chi connectivity index (χ4v) is 4.86. The molecule has 2 rings (SSSR count). The van der Waals surface area contributed by atoms with Crippen LogP contribution in [0.2, 0.25) is 5.21 Å². The van der Waals surface area contributed by atoms with E-state index in [-0.39, 0.29) is 0 Å². The van der Waals surface area contributed by atoms with Crippen LogP contribution in [0.1, 0.15) is 72.1 Å². The third kappa shape index (κ3) is 2.54. The second kappa shape index (κ2) is 5.25. The van der Waals surface area contributed by atoms with E-state index in [1.807, 2.05) is 0 Å². The lowest BCUT2D eigenvalue weighted by atomic mass is 9.35. The van der Waals surface area contributed by atoms with E-state index in [0.29, 0.717) is 10.6 Å². The van der Waals surface area contributed by atoms with Crippen molar-refractivity contribution in [1.82, 2.24) is 0 Å². The summed E-state index contributed by atoms with van der Waals surface area (Å²) in [5.74, 6) is 3.16. The summed E-state index contributed by atoms with van der Waals surface area (Å²) in [6, 6.07) is 0. The summed E-state index contributed by atoms with van der Waals surface area (Å²) < 4.78 is 0. The maximum atomic E-state index is 2.56. The van der Waals surface area contributed by atoms with Crippen LogP contribution in [0.3, 0.4) is 0 Å². The Labute approximate surface area is 117 Å². The third-order valence-electron chi connectivity index (χ3n) is 6.93. The van der Waals surface area contributed by atoms with Crippen LogP contribution < -0.4 is 0 Å². The van der Waals surface area contributed by atoms with Gasteiger partial charge in [-0.25, -0.2) is 0 Å². The Bertz CT molecular complexity index is 283. The molecule has 0 heterocycles. The highest BCUT2D eigenvalue weighted by Crippen LogP contribution is 2.56. The zero-order valence-corrected chi connectivity index (χ0v) is 13.4. The van der Waals surface area contributed by atoms with E-state index in [1.165, 1.54) is 51.4 Å². The summed E-state index contributed by atoms with van der Waals surface area (Å²) >= 11 is 0. The largest absolute Gasteiger partial charge is 0.100 e. The van der Waals surface area contributed by atoms with Gasteiger partial charge in [-0.1, -0.05) is 58.1 Å². The van der Waals surface area contributed by atoms with Gasteiger partial charge in [0.1, 0.15) is 15.7 Å². The fraction of sp³-hybridized carbons (Fsp3) is 1.00. The van der Waals surface area contributed by atoms with Crippen molar-refractivity contribution in [2.24, 2.45) is 23.2 Å². The molecule has 2 fully saturated rings. The van der Waals surface area contributed by atoms with Crippen LogP contribution in [0.4, 0.5) is 0 Å². The molecular formula is C16H32B2. The lowest BCUT2D eigenvalue weighted by molar-refractivity contribution is 0.129. The van der Waals surface area contributed by atoms with Crippen LogP contribution in [0.5, 0.6) is 0 Å². The second-order valence-corrected chi connectivity index (χ2v) is 8.32. The number of fused-ring (bicyclic) bond motifs is 1. The number of hydrogen-bond donors (Lipinski definition) is 0. The highest BCUT2D eigenvalue weighted by Gasteiger charge is 2.45. The van der Waals surface area contributed by atoms with Crippen molar-refractivity contribution < 1.29 is 0 Å². The minimum absolute atomic E-state index is 0.498. The van der Waals surface area contributed by atoms with Crippen molar-refractivity contribution >= 4 is 15.7 Å². The molecule has 0 nitrogen and oxygen atoms in total. The van der Waals surface area contributed by atoms with Crippen LogP contribution in [-0.4, -0.2) is 15.7 Å². The van der Waals surface area contributed by atoms with Crippen molar-refractivity contribution in [2.45, 2.75) is 77.4 Å². The third-order valence-corrected chi connectivity index (χ3v) is 6.93. The molecule has 0 spiro atoms. The van der Waals surface area contributed by atoms with Gasteiger partial charge in [0.2, 0.25) is 0 Å². The highest BCUT2D eigenvalue weighted by atomic mass is 14.5. The van der Waals surface area contributed by atoms with Crippen LogP contribution in [0.15, 0.2) is 0 Å². The first kappa shape index (κ1) is 14.5. The van der Waals surface area contributed by atoms with Crippen molar-refractivity contribution in [2.75, 3.05) is 0 Å². The van der Waals surface area contributed by atoms with Crippen LogP contribution in [0.25, 0.3) is 0 Å². The van der Waals surface area contributed by atoms with E-state index in [9.17, 15) is 0 Å². The topological polar surface area (TPSA) is 0 Å². The summed E-state index contributed by atoms with van der Waals surface area (Å²) in [5.41, 5.74) is 0.498. The van der Waals surface area contributed by atoms with Crippen LogP contribution >= 0.6 is 0 Å². The number of rotatable bonds is 4. The summed E-state index contributed by atoms with van der Waals surface area (Å²) in [6.07, 6.45) is 11.9. The maximum Gasteiger partial charge on any atom is 0.100 e. The zero-order chi connectivity index (χ0) is 13.4. The molecule has 18 heavy (non-hydrogen) atoms. The van der Waals surface area contributed by atoms with E-state index in [1.54, 1.807) is 0 Å². The Morgan fingerprint density at radius 3 is 2.33 bits per heavy atom. The molecule has 2 heteroatoms. The minimum Gasteiger partial charge on any atom is -0.0769 e. The first-order chi connectivity index (χ1) is 8.38. The lowest BCUT2D eigenvalue weighted by Gasteiger charge is -2.51. The molecule has 0 bridgehead atoms. The molecule has 0 saturated heterocycles. The molecule has 0 aliphatic heterocycles. The summed E-state index contributed by atoms with van der Waals surface area (Å²) in [5, 5.41) is 0.510. The second-order valence-electron chi connectivity index (χ2n) is 8.32. The lowest BCUT2D eigenvalue weighted by Crippen LogP contribution is -2.41. The predicted molar refractivity (Wildman–Crippen MR) is 86.6 cm³/mol. The van der Waals surface area contributed by atoms with Gasteiger partial charge in [0.05, 0.1) is 0 Å². The molecule has 2 aliphatic rings. The molecule has 0 amide bonds.